The van der Waals surface area contributed by atoms with E-state index in [0.29, 0.717) is 0 Å². The lowest BCUT2D eigenvalue weighted by Gasteiger charge is -2.13. The third-order valence-corrected chi connectivity index (χ3v) is 4.14. The first-order chi connectivity index (χ1) is 10.4. The summed E-state index contributed by atoms with van der Waals surface area (Å²) in [5.74, 6) is 0. The van der Waals surface area contributed by atoms with Gasteiger partial charge in [0.15, 0.2) is 0 Å². The van der Waals surface area contributed by atoms with Crippen LogP contribution < -0.4 is 0 Å². The summed E-state index contributed by atoms with van der Waals surface area (Å²) in [7, 11) is 0. The van der Waals surface area contributed by atoms with Crippen LogP contribution in [0.15, 0.2) is 0 Å². The van der Waals surface area contributed by atoms with E-state index in [0.717, 1.165) is 77.0 Å². The molecular weight excluding hydrogens is 280 g/mol. The topological polar surface area (TPSA) is 80.9 Å². The van der Waals surface area contributed by atoms with Gasteiger partial charge in [0, 0.05) is 0 Å². The molecule has 4 nitrogen and oxygen atoms in total. The molecule has 4 atom stereocenters. The Hall–Kier alpha value is -0.160. The zero-order valence-corrected chi connectivity index (χ0v) is 14.6. The van der Waals surface area contributed by atoms with Gasteiger partial charge < -0.3 is 20.4 Å². The van der Waals surface area contributed by atoms with E-state index in [4.69, 9.17) is 10.2 Å². The number of aliphatic hydroxyl groups is 4. The normalized spacial score (nSPS) is 17.2. The summed E-state index contributed by atoms with van der Waals surface area (Å²) in [4.78, 5) is 0. The van der Waals surface area contributed by atoms with Crippen LogP contribution in [0.1, 0.15) is 90.9 Å². The Labute approximate surface area is 136 Å². The van der Waals surface area contributed by atoms with Gasteiger partial charge in [-0.2, -0.15) is 0 Å². The van der Waals surface area contributed by atoms with Gasteiger partial charge in [0.2, 0.25) is 0 Å². The highest BCUT2D eigenvalue weighted by molar-refractivity contribution is 4.61. The van der Waals surface area contributed by atoms with Gasteiger partial charge in [0.05, 0.1) is 24.4 Å². The van der Waals surface area contributed by atoms with Gasteiger partial charge in [-0.1, -0.05) is 38.5 Å². The van der Waals surface area contributed by atoms with Crippen molar-refractivity contribution in [3.63, 3.8) is 0 Å². The lowest BCUT2D eigenvalue weighted by atomic mass is 10.0. The first kappa shape index (κ1) is 21.8. The Morgan fingerprint density at radius 2 is 0.682 bits per heavy atom. The molecule has 0 aliphatic heterocycles. The maximum atomic E-state index is 9.86. The Bertz CT molecular complexity index is 207. The molecule has 0 aliphatic carbocycles. The molecule has 0 unspecified atom stereocenters. The molecule has 4 heteroatoms. The van der Waals surface area contributed by atoms with Gasteiger partial charge in [-0.25, -0.2) is 0 Å². The highest BCUT2D eigenvalue weighted by atomic mass is 16.3. The summed E-state index contributed by atoms with van der Waals surface area (Å²) in [5.41, 5.74) is 0. The minimum Gasteiger partial charge on any atom is -0.393 e. The van der Waals surface area contributed by atoms with Crippen LogP contribution in [0.2, 0.25) is 0 Å². The second-order valence-electron chi connectivity index (χ2n) is 6.86. The number of aliphatic hydroxyl groups excluding tert-OH is 4. The Morgan fingerprint density at radius 1 is 0.455 bits per heavy atom. The van der Waals surface area contributed by atoms with E-state index >= 15 is 0 Å². The van der Waals surface area contributed by atoms with E-state index < -0.39 is 0 Å². The minimum absolute atomic E-state index is 0.237. The zero-order chi connectivity index (χ0) is 16.8. The van der Waals surface area contributed by atoms with Gasteiger partial charge in [-0.15, -0.1) is 0 Å². The van der Waals surface area contributed by atoms with Crippen molar-refractivity contribution >= 4 is 0 Å². The van der Waals surface area contributed by atoms with Crippen molar-refractivity contribution in [2.45, 2.75) is 115 Å². The fourth-order valence-corrected chi connectivity index (χ4v) is 2.69. The van der Waals surface area contributed by atoms with Crippen LogP contribution in [-0.4, -0.2) is 44.8 Å². The smallest absolute Gasteiger partial charge is 0.0540 e. The summed E-state index contributed by atoms with van der Waals surface area (Å²) in [5, 5.41) is 38.0. The summed E-state index contributed by atoms with van der Waals surface area (Å²) in [6.45, 7) is 3.60. The molecule has 0 rings (SSSR count). The van der Waals surface area contributed by atoms with Crippen LogP contribution in [0.25, 0.3) is 0 Å². The second kappa shape index (κ2) is 14.4. The molecule has 0 aromatic rings. The molecule has 0 saturated carbocycles. The molecule has 0 aromatic carbocycles. The lowest BCUT2D eigenvalue weighted by Crippen LogP contribution is -2.09. The Morgan fingerprint density at radius 3 is 0.909 bits per heavy atom. The van der Waals surface area contributed by atoms with E-state index in [1.54, 1.807) is 13.8 Å². The van der Waals surface area contributed by atoms with E-state index in [9.17, 15) is 10.2 Å². The van der Waals surface area contributed by atoms with Gasteiger partial charge in [-0.3, -0.25) is 0 Å². The number of unbranched alkanes of at least 4 members (excludes halogenated alkanes) is 3. The highest BCUT2D eigenvalue weighted by Gasteiger charge is 2.07. The Balaban J connectivity index is 3.35. The van der Waals surface area contributed by atoms with Gasteiger partial charge >= 0.3 is 0 Å². The molecule has 0 heterocycles. The summed E-state index contributed by atoms with van der Waals surface area (Å²) < 4.78 is 0. The van der Waals surface area contributed by atoms with Crippen molar-refractivity contribution < 1.29 is 20.4 Å². The first-order valence-corrected chi connectivity index (χ1v) is 9.14. The fourth-order valence-electron chi connectivity index (χ4n) is 2.69. The highest BCUT2D eigenvalue weighted by Crippen LogP contribution is 2.14. The van der Waals surface area contributed by atoms with Crippen LogP contribution in [0.3, 0.4) is 0 Å². The maximum Gasteiger partial charge on any atom is 0.0540 e. The average molecular weight is 318 g/mol. The maximum absolute atomic E-state index is 9.86. The predicted molar refractivity (Wildman–Crippen MR) is 90.8 cm³/mol. The Kier molecular flexibility index (Phi) is 14.3. The monoisotopic (exact) mass is 318 g/mol. The second-order valence-corrected chi connectivity index (χ2v) is 6.86. The molecule has 0 aliphatic rings. The fraction of sp³-hybridized carbons (Fsp3) is 1.00. The molecule has 0 aromatic heterocycles. The standard InChI is InChI=1S/C18H38O4/c1-15(19)9-3-5-11-17(21)13-7-8-14-18(22)12-6-4-10-16(2)20/h15-22H,3-14H2,1-2H3/t15-,16+,17-,18+. The zero-order valence-electron chi connectivity index (χ0n) is 14.6. The van der Waals surface area contributed by atoms with Gasteiger partial charge in [-0.05, 0) is 52.4 Å². The third kappa shape index (κ3) is 16.2. The minimum atomic E-state index is -0.239. The molecule has 0 amide bonds. The van der Waals surface area contributed by atoms with Crippen molar-refractivity contribution in [1.29, 1.82) is 0 Å². The molecular formula is C18H38O4. The van der Waals surface area contributed by atoms with Crippen LogP contribution >= 0.6 is 0 Å². The average Bonchev–Trinajstić information content (AvgIpc) is 2.44. The van der Waals surface area contributed by atoms with Crippen molar-refractivity contribution in [2.24, 2.45) is 0 Å². The molecule has 0 saturated heterocycles. The van der Waals surface area contributed by atoms with Crippen molar-refractivity contribution in [1.82, 2.24) is 0 Å². The molecule has 0 fully saturated rings. The SMILES string of the molecule is C[C@H](O)CCCC[C@H](O)CCCC[C@H](O)CCCC[C@@H](C)O. The van der Waals surface area contributed by atoms with Gasteiger partial charge in [0.25, 0.3) is 0 Å². The molecule has 4 N–H and O–H groups in total. The molecule has 0 bridgehead atoms. The van der Waals surface area contributed by atoms with Gasteiger partial charge in [0.1, 0.15) is 0 Å². The lowest BCUT2D eigenvalue weighted by molar-refractivity contribution is 0.128. The molecule has 0 spiro atoms. The van der Waals surface area contributed by atoms with E-state index in [1.165, 1.54) is 0 Å². The molecule has 0 radical (unpaired) electrons. The largest absolute Gasteiger partial charge is 0.393 e. The number of rotatable bonds is 15. The number of hydrogen-bond acceptors (Lipinski definition) is 4. The van der Waals surface area contributed by atoms with Crippen LogP contribution in [0, 0.1) is 0 Å². The summed E-state index contributed by atoms with van der Waals surface area (Å²) >= 11 is 0. The quantitative estimate of drug-likeness (QED) is 0.350. The van der Waals surface area contributed by atoms with E-state index in [2.05, 4.69) is 0 Å². The van der Waals surface area contributed by atoms with Crippen molar-refractivity contribution in [3.8, 4) is 0 Å². The predicted octanol–water partition coefficient (Wildman–Crippen LogP) is 3.15. The van der Waals surface area contributed by atoms with E-state index in [1.807, 2.05) is 0 Å². The van der Waals surface area contributed by atoms with Crippen molar-refractivity contribution in [3.05, 3.63) is 0 Å². The van der Waals surface area contributed by atoms with E-state index in [-0.39, 0.29) is 24.4 Å². The molecule has 22 heavy (non-hydrogen) atoms. The number of hydrogen-bond donors (Lipinski definition) is 4. The van der Waals surface area contributed by atoms with Crippen LogP contribution in [0.5, 0.6) is 0 Å². The summed E-state index contributed by atoms with van der Waals surface area (Å²) in [6.07, 6.45) is 9.73. The van der Waals surface area contributed by atoms with Crippen molar-refractivity contribution in [2.75, 3.05) is 0 Å². The third-order valence-electron chi connectivity index (χ3n) is 4.14. The van der Waals surface area contributed by atoms with Crippen LogP contribution in [-0.2, 0) is 0 Å². The van der Waals surface area contributed by atoms with Crippen LogP contribution in [0.4, 0.5) is 0 Å². The molecule has 134 valence electrons. The summed E-state index contributed by atoms with van der Waals surface area (Å²) in [6, 6.07) is 0. The first-order valence-electron chi connectivity index (χ1n) is 9.14.